The third-order valence-electron chi connectivity index (χ3n) is 3.81. The fourth-order valence-electron chi connectivity index (χ4n) is 2.41. The molecule has 0 bridgehead atoms. The molecule has 122 valence electrons. The zero-order valence-electron chi connectivity index (χ0n) is 12.8. The van der Waals surface area contributed by atoms with Crippen LogP contribution in [0.5, 0.6) is 0 Å². The van der Waals surface area contributed by atoms with Gasteiger partial charge in [-0.1, -0.05) is 0 Å². The summed E-state index contributed by atoms with van der Waals surface area (Å²) in [6.07, 6.45) is 0. The van der Waals surface area contributed by atoms with Crippen molar-refractivity contribution in [3.8, 4) is 0 Å². The van der Waals surface area contributed by atoms with Gasteiger partial charge in [-0.15, -0.1) is 11.3 Å². The van der Waals surface area contributed by atoms with E-state index in [1.807, 2.05) is 6.92 Å². The first-order chi connectivity index (χ1) is 10.5. The van der Waals surface area contributed by atoms with Crippen LogP contribution in [0.25, 0.3) is 0 Å². The molecule has 0 unspecified atom stereocenters. The van der Waals surface area contributed by atoms with Gasteiger partial charge in [-0.3, -0.25) is 19.9 Å². The van der Waals surface area contributed by atoms with Gasteiger partial charge in [0.1, 0.15) is 0 Å². The number of amides is 3. The number of nitrogens with zero attached hydrogens (tertiary/aromatic N) is 2. The van der Waals surface area contributed by atoms with E-state index in [9.17, 15) is 9.59 Å². The zero-order valence-corrected chi connectivity index (χ0v) is 15.2. The highest BCUT2D eigenvalue weighted by atomic mass is 79.9. The van der Waals surface area contributed by atoms with E-state index in [4.69, 9.17) is 0 Å². The number of piperazine rings is 1. The Labute approximate surface area is 143 Å². The molecule has 1 aromatic heterocycles. The molecule has 6 nitrogen and oxygen atoms in total. The first-order valence-electron chi connectivity index (χ1n) is 7.23. The van der Waals surface area contributed by atoms with Gasteiger partial charge in [-0.2, -0.15) is 0 Å². The predicted molar refractivity (Wildman–Crippen MR) is 90.9 cm³/mol. The van der Waals surface area contributed by atoms with Crippen LogP contribution in [0.4, 0.5) is 4.79 Å². The van der Waals surface area contributed by atoms with Crippen molar-refractivity contribution in [3.63, 3.8) is 0 Å². The number of carbonyl (C=O) groups excluding carboxylic acids is 2. The molecule has 1 atom stereocenters. The van der Waals surface area contributed by atoms with E-state index >= 15 is 0 Å². The van der Waals surface area contributed by atoms with Crippen LogP contribution in [0.1, 0.15) is 11.8 Å². The number of halogens is 1. The predicted octanol–water partition coefficient (Wildman–Crippen LogP) is 1.47. The topological polar surface area (TPSA) is 64.7 Å². The van der Waals surface area contributed by atoms with Gasteiger partial charge >= 0.3 is 6.03 Å². The molecule has 2 rings (SSSR count). The van der Waals surface area contributed by atoms with Crippen molar-refractivity contribution in [2.24, 2.45) is 0 Å². The molecule has 1 fully saturated rings. The minimum Gasteiger partial charge on any atom is -0.341 e. The van der Waals surface area contributed by atoms with Crippen molar-refractivity contribution in [2.45, 2.75) is 19.5 Å². The first kappa shape index (κ1) is 17.4. The minimum absolute atomic E-state index is 0.255. The lowest BCUT2D eigenvalue weighted by Gasteiger charge is -2.37. The maximum atomic E-state index is 12.0. The van der Waals surface area contributed by atoms with Crippen molar-refractivity contribution < 1.29 is 9.59 Å². The Balaban J connectivity index is 1.78. The SMILES string of the molecule is CNC(=O)NC(=O)[C@@H](C)N1CCN(Cc2ccc(Br)s2)CC1. The zero-order chi connectivity index (χ0) is 16.1. The molecule has 1 aliphatic heterocycles. The summed E-state index contributed by atoms with van der Waals surface area (Å²) in [6, 6.07) is 3.45. The Hall–Kier alpha value is -0.960. The smallest absolute Gasteiger partial charge is 0.321 e. The molecule has 1 aromatic rings. The summed E-state index contributed by atoms with van der Waals surface area (Å²) in [4.78, 5) is 29.0. The molecule has 0 spiro atoms. The molecule has 1 saturated heterocycles. The number of hydrogen-bond acceptors (Lipinski definition) is 5. The summed E-state index contributed by atoms with van der Waals surface area (Å²) in [6.45, 7) is 6.29. The van der Waals surface area contributed by atoms with Gasteiger partial charge in [-0.25, -0.2) is 4.79 Å². The third-order valence-corrected chi connectivity index (χ3v) is 5.41. The van der Waals surface area contributed by atoms with Gasteiger partial charge < -0.3 is 5.32 Å². The lowest BCUT2D eigenvalue weighted by Crippen LogP contribution is -2.55. The third kappa shape index (κ3) is 4.77. The average Bonchev–Trinajstić information content (AvgIpc) is 2.92. The molecular formula is C14H21BrN4O2S. The fourth-order valence-corrected chi connectivity index (χ4v) is 3.94. The lowest BCUT2D eigenvalue weighted by atomic mass is 10.2. The van der Waals surface area contributed by atoms with Crippen molar-refractivity contribution >= 4 is 39.2 Å². The van der Waals surface area contributed by atoms with Crippen LogP contribution >= 0.6 is 27.3 Å². The second kappa shape index (κ2) is 8.05. The van der Waals surface area contributed by atoms with Crippen molar-refractivity contribution in [1.82, 2.24) is 20.4 Å². The van der Waals surface area contributed by atoms with E-state index in [-0.39, 0.29) is 11.9 Å². The molecule has 0 saturated carbocycles. The van der Waals surface area contributed by atoms with Crippen LogP contribution < -0.4 is 10.6 Å². The molecule has 2 N–H and O–H groups in total. The van der Waals surface area contributed by atoms with Crippen LogP contribution in [-0.4, -0.2) is 61.0 Å². The second-order valence-corrected chi connectivity index (χ2v) is 7.81. The van der Waals surface area contributed by atoms with Crippen LogP contribution in [0.3, 0.4) is 0 Å². The van der Waals surface area contributed by atoms with Crippen LogP contribution in [0.2, 0.25) is 0 Å². The molecule has 0 aliphatic carbocycles. The summed E-state index contributed by atoms with van der Waals surface area (Å²) in [5.74, 6) is -0.255. The Morgan fingerprint density at radius 3 is 2.55 bits per heavy atom. The quantitative estimate of drug-likeness (QED) is 0.819. The summed E-state index contributed by atoms with van der Waals surface area (Å²) in [5, 5.41) is 4.72. The molecule has 3 amide bonds. The Morgan fingerprint density at radius 1 is 1.32 bits per heavy atom. The Bertz CT molecular complexity index is 529. The minimum atomic E-state index is -0.459. The van der Waals surface area contributed by atoms with E-state index in [0.717, 1.165) is 36.5 Å². The Kier molecular flexibility index (Phi) is 6.37. The summed E-state index contributed by atoms with van der Waals surface area (Å²) >= 11 is 5.24. The van der Waals surface area contributed by atoms with Crippen LogP contribution in [0, 0.1) is 0 Å². The molecule has 22 heavy (non-hydrogen) atoms. The van der Waals surface area contributed by atoms with E-state index in [0.29, 0.717) is 0 Å². The van der Waals surface area contributed by atoms with Gasteiger partial charge in [0, 0.05) is 44.6 Å². The number of rotatable bonds is 4. The lowest BCUT2D eigenvalue weighted by molar-refractivity contribution is -0.125. The van der Waals surface area contributed by atoms with Gasteiger partial charge in [0.25, 0.3) is 0 Å². The van der Waals surface area contributed by atoms with Crippen LogP contribution in [0.15, 0.2) is 15.9 Å². The monoisotopic (exact) mass is 388 g/mol. The number of urea groups is 1. The van der Waals surface area contributed by atoms with E-state index in [1.165, 1.54) is 11.9 Å². The first-order valence-corrected chi connectivity index (χ1v) is 8.83. The van der Waals surface area contributed by atoms with Crippen LogP contribution in [-0.2, 0) is 11.3 Å². The van der Waals surface area contributed by atoms with Crippen molar-refractivity contribution in [2.75, 3.05) is 33.2 Å². The van der Waals surface area contributed by atoms with Gasteiger partial charge in [0.15, 0.2) is 0 Å². The highest BCUT2D eigenvalue weighted by Gasteiger charge is 2.26. The highest BCUT2D eigenvalue weighted by molar-refractivity contribution is 9.11. The van der Waals surface area contributed by atoms with Gasteiger partial charge in [0.2, 0.25) is 5.91 Å². The molecule has 0 radical (unpaired) electrons. The summed E-state index contributed by atoms with van der Waals surface area (Å²) in [7, 11) is 1.50. The maximum Gasteiger partial charge on any atom is 0.321 e. The normalized spacial score (nSPS) is 18.0. The largest absolute Gasteiger partial charge is 0.341 e. The van der Waals surface area contributed by atoms with E-state index < -0.39 is 6.03 Å². The number of carbonyl (C=O) groups is 2. The summed E-state index contributed by atoms with van der Waals surface area (Å²) in [5.41, 5.74) is 0. The van der Waals surface area contributed by atoms with Gasteiger partial charge in [0.05, 0.1) is 9.83 Å². The number of nitrogens with one attached hydrogen (secondary N) is 2. The number of imide groups is 1. The van der Waals surface area contributed by atoms with Crippen molar-refractivity contribution in [1.29, 1.82) is 0 Å². The Morgan fingerprint density at radius 2 is 2.00 bits per heavy atom. The average molecular weight is 389 g/mol. The highest BCUT2D eigenvalue weighted by Crippen LogP contribution is 2.23. The van der Waals surface area contributed by atoms with E-state index in [2.05, 4.69) is 48.5 Å². The fraction of sp³-hybridized carbons (Fsp3) is 0.571. The molecule has 0 aromatic carbocycles. The number of thiophene rings is 1. The maximum absolute atomic E-state index is 12.0. The standard InChI is InChI=1S/C14H21BrN4O2S/c1-10(13(20)17-14(21)16-2)19-7-5-18(6-8-19)9-11-3-4-12(15)22-11/h3-4,10H,5-9H2,1-2H3,(H2,16,17,20,21)/t10-/m1/s1. The van der Waals surface area contributed by atoms with Crippen molar-refractivity contribution in [3.05, 3.63) is 20.8 Å². The molecular weight excluding hydrogens is 368 g/mol. The molecule has 8 heteroatoms. The summed E-state index contributed by atoms with van der Waals surface area (Å²) < 4.78 is 1.15. The number of hydrogen-bond donors (Lipinski definition) is 2. The van der Waals surface area contributed by atoms with Gasteiger partial charge in [-0.05, 0) is 35.0 Å². The molecule has 1 aliphatic rings. The van der Waals surface area contributed by atoms with E-state index in [1.54, 1.807) is 11.3 Å². The second-order valence-electron chi connectivity index (χ2n) is 5.26. The molecule has 2 heterocycles.